The van der Waals surface area contributed by atoms with Gasteiger partial charge in [0.25, 0.3) is 0 Å². The maximum Gasteiger partial charge on any atom is 0.352 e. The number of nitrogens with one attached hydrogen (secondary N) is 1. The first-order valence-corrected chi connectivity index (χ1v) is 10.8. The van der Waals surface area contributed by atoms with Gasteiger partial charge in [0.15, 0.2) is 17.1 Å². The number of methoxy groups -OCH3 is 2. The molecule has 0 bridgehead atoms. The number of thiophene rings is 1. The van der Waals surface area contributed by atoms with Gasteiger partial charge in [0.1, 0.15) is 17.7 Å². The maximum atomic E-state index is 12.8. The minimum atomic E-state index is -0.386. The highest BCUT2D eigenvalue weighted by Gasteiger charge is 2.22. The Morgan fingerprint density at radius 3 is 2.81 bits per heavy atom. The van der Waals surface area contributed by atoms with Crippen LogP contribution in [0.5, 0.6) is 11.5 Å². The third-order valence-corrected chi connectivity index (χ3v) is 6.70. The zero-order chi connectivity index (χ0) is 21.5. The van der Waals surface area contributed by atoms with Crippen molar-refractivity contribution >= 4 is 38.8 Å². The van der Waals surface area contributed by atoms with Crippen molar-refractivity contribution in [3.8, 4) is 11.5 Å². The predicted molar refractivity (Wildman–Crippen MR) is 117 cm³/mol. The van der Waals surface area contributed by atoms with Gasteiger partial charge in [0.2, 0.25) is 5.91 Å². The molecule has 1 aliphatic carbocycles. The van der Waals surface area contributed by atoms with Gasteiger partial charge in [0.05, 0.1) is 19.6 Å². The molecule has 3 heterocycles. The summed E-state index contributed by atoms with van der Waals surface area (Å²) in [5.74, 6) is 0.697. The van der Waals surface area contributed by atoms with Crippen molar-refractivity contribution < 1.29 is 14.3 Å². The molecule has 5 rings (SSSR count). The number of hydrogen-bond donors (Lipinski definition) is 1. The van der Waals surface area contributed by atoms with E-state index in [0.29, 0.717) is 22.8 Å². The first-order chi connectivity index (χ1) is 15.1. The average molecular weight is 439 g/mol. The number of nitrogens with zero attached hydrogens (tertiary/aromatic N) is 4. The second-order valence-corrected chi connectivity index (χ2v) is 8.47. The number of fused-ring (bicyclic) bond motifs is 5. The van der Waals surface area contributed by atoms with E-state index in [0.717, 1.165) is 29.5 Å². The lowest BCUT2D eigenvalue weighted by Gasteiger charge is -2.10. The van der Waals surface area contributed by atoms with Gasteiger partial charge in [-0.15, -0.1) is 16.4 Å². The molecule has 1 N–H and O–H groups in total. The van der Waals surface area contributed by atoms with E-state index in [4.69, 9.17) is 9.47 Å². The lowest BCUT2D eigenvalue weighted by atomic mass is 9.97. The van der Waals surface area contributed by atoms with E-state index in [1.165, 1.54) is 39.4 Å². The summed E-state index contributed by atoms with van der Waals surface area (Å²) in [6.45, 7) is -0.206. The Balaban J connectivity index is 1.46. The highest BCUT2D eigenvalue weighted by molar-refractivity contribution is 7.19. The van der Waals surface area contributed by atoms with Crippen LogP contribution in [-0.2, 0) is 24.2 Å². The molecule has 1 aliphatic rings. The van der Waals surface area contributed by atoms with E-state index in [-0.39, 0.29) is 18.1 Å². The van der Waals surface area contributed by atoms with E-state index < -0.39 is 0 Å². The number of aromatic nitrogens is 4. The lowest BCUT2D eigenvalue weighted by Crippen LogP contribution is -2.28. The molecule has 0 saturated carbocycles. The highest BCUT2D eigenvalue weighted by Crippen LogP contribution is 2.36. The van der Waals surface area contributed by atoms with Gasteiger partial charge in [-0.05, 0) is 43.4 Å². The number of carbonyl (C=O) groups is 1. The summed E-state index contributed by atoms with van der Waals surface area (Å²) in [6, 6.07) is 5.07. The smallest absolute Gasteiger partial charge is 0.352 e. The normalized spacial score (nSPS) is 13.4. The van der Waals surface area contributed by atoms with Crippen molar-refractivity contribution in [1.82, 2.24) is 19.2 Å². The van der Waals surface area contributed by atoms with Gasteiger partial charge in [-0.25, -0.2) is 18.9 Å². The predicted octanol–water partition coefficient (Wildman–Crippen LogP) is 2.64. The van der Waals surface area contributed by atoms with Crippen LogP contribution in [0.15, 0.2) is 29.3 Å². The fourth-order valence-electron chi connectivity index (χ4n) is 4.03. The first-order valence-electron chi connectivity index (χ1n) is 9.99. The summed E-state index contributed by atoms with van der Waals surface area (Å²) in [6.07, 6.45) is 5.81. The minimum absolute atomic E-state index is 0.206. The molecular weight excluding hydrogens is 418 g/mol. The number of aryl methyl sites for hydroxylation is 2. The van der Waals surface area contributed by atoms with E-state index in [1.807, 2.05) is 0 Å². The molecule has 1 aromatic carbocycles. The van der Waals surface area contributed by atoms with Gasteiger partial charge < -0.3 is 14.8 Å². The third kappa shape index (κ3) is 3.32. The van der Waals surface area contributed by atoms with Crippen molar-refractivity contribution in [2.75, 3.05) is 19.5 Å². The number of amides is 1. The van der Waals surface area contributed by atoms with Crippen LogP contribution < -0.4 is 20.5 Å². The minimum Gasteiger partial charge on any atom is -0.493 e. The molecule has 0 saturated heterocycles. The standard InChI is InChI=1S/C21H21N5O4S/c1-29-14-8-7-12(9-15(14)30-2)23-17(27)10-26-21(28)25-11-22-20-18(19(25)24-26)13-5-3-4-6-16(13)31-20/h7-9,11H,3-6,10H2,1-2H3,(H,23,27). The van der Waals surface area contributed by atoms with Crippen LogP contribution in [0.4, 0.5) is 5.69 Å². The summed E-state index contributed by atoms with van der Waals surface area (Å²) in [4.78, 5) is 32.1. The second kappa shape index (κ2) is 7.69. The molecule has 0 unspecified atom stereocenters. The monoisotopic (exact) mass is 439 g/mol. The molecule has 0 aliphatic heterocycles. The summed E-state index contributed by atoms with van der Waals surface area (Å²) in [5, 5.41) is 8.21. The van der Waals surface area contributed by atoms with E-state index >= 15 is 0 Å². The van der Waals surface area contributed by atoms with Gasteiger partial charge >= 0.3 is 5.69 Å². The number of benzene rings is 1. The van der Waals surface area contributed by atoms with Crippen LogP contribution in [0.3, 0.4) is 0 Å². The molecule has 1 amide bonds. The number of hydrogen-bond acceptors (Lipinski definition) is 7. The Bertz CT molecular complexity index is 1370. The van der Waals surface area contributed by atoms with Crippen LogP contribution in [0.25, 0.3) is 15.9 Å². The van der Waals surface area contributed by atoms with Gasteiger partial charge in [-0.3, -0.25) is 4.79 Å². The molecule has 3 aromatic heterocycles. The highest BCUT2D eigenvalue weighted by atomic mass is 32.1. The molecule has 31 heavy (non-hydrogen) atoms. The molecule has 4 aromatic rings. The summed E-state index contributed by atoms with van der Waals surface area (Å²) in [5.41, 5.74) is 1.96. The molecule has 9 nitrogen and oxygen atoms in total. The number of rotatable bonds is 5. The Kier molecular flexibility index (Phi) is 4.85. The van der Waals surface area contributed by atoms with E-state index in [1.54, 1.807) is 36.6 Å². The third-order valence-electron chi connectivity index (χ3n) is 5.50. The molecule has 0 atom stereocenters. The van der Waals surface area contributed by atoms with Crippen molar-refractivity contribution in [2.45, 2.75) is 32.2 Å². The van der Waals surface area contributed by atoms with Crippen LogP contribution >= 0.6 is 11.3 Å². The van der Waals surface area contributed by atoms with Crippen molar-refractivity contribution in [2.24, 2.45) is 0 Å². The number of ether oxygens (including phenoxy) is 2. The Morgan fingerprint density at radius 1 is 1.19 bits per heavy atom. The largest absolute Gasteiger partial charge is 0.493 e. The lowest BCUT2D eigenvalue weighted by molar-refractivity contribution is -0.117. The average Bonchev–Trinajstić information content (AvgIpc) is 3.31. The molecule has 0 radical (unpaired) electrons. The van der Waals surface area contributed by atoms with E-state index in [9.17, 15) is 9.59 Å². The fraction of sp³-hybridized carbons (Fsp3) is 0.333. The van der Waals surface area contributed by atoms with Crippen LogP contribution in [0, 0.1) is 0 Å². The topological polar surface area (TPSA) is 99.7 Å². The molecule has 10 heteroatoms. The zero-order valence-corrected chi connectivity index (χ0v) is 18.0. The Hall–Kier alpha value is -3.40. The summed E-state index contributed by atoms with van der Waals surface area (Å²) < 4.78 is 13.1. The molecule has 160 valence electrons. The molecule has 0 fully saturated rings. The van der Waals surface area contributed by atoms with Crippen LogP contribution in [0.1, 0.15) is 23.3 Å². The second-order valence-electron chi connectivity index (χ2n) is 7.39. The maximum absolute atomic E-state index is 12.8. The summed E-state index contributed by atoms with van der Waals surface area (Å²) in [7, 11) is 3.07. The van der Waals surface area contributed by atoms with Gasteiger partial charge in [0, 0.05) is 16.6 Å². The van der Waals surface area contributed by atoms with Crippen LogP contribution in [-0.4, -0.2) is 39.3 Å². The first kappa shape index (κ1) is 19.6. The molecular formula is C21H21N5O4S. The van der Waals surface area contributed by atoms with Crippen LogP contribution in [0.2, 0.25) is 0 Å². The Labute approximate surface area is 181 Å². The number of carbonyl (C=O) groups excluding carboxylic acids is 1. The van der Waals surface area contributed by atoms with Gasteiger partial charge in [-0.1, -0.05) is 0 Å². The molecule has 0 spiro atoms. The van der Waals surface area contributed by atoms with Crippen molar-refractivity contribution in [1.29, 1.82) is 0 Å². The number of anilines is 1. The fourth-order valence-corrected chi connectivity index (χ4v) is 5.25. The Morgan fingerprint density at radius 2 is 2.00 bits per heavy atom. The van der Waals surface area contributed by atoms with Gasteiger partial charge in [-0.2, -0.15) is 0 Å². The van der Waals surface area contributed by atoms with E-state index in [2.05, 4.69) is 15.4 Å². The quantitative estimate of drug-likeness (QED) is 0.513. The summed E-state index contributed by atoms with van der Waals surface area (Å²) >= 11 is 1.67. The van der Waals surface area contributed by atoms with Crippen molar-refractivity contribution in [3.63, 3.8) is 0 Å². The SMILES string of the molecule is COc1ccc(NC(=O)Cn2nc3c4c5c(sc4ncn3c2=O)CCCC5)cc1OC. The zero-order valence-electron chi connectivity index (χ0n) is 17.2. The van der Waals surface area contributed by atoms with Crippen molar-refractivity contribution in [3.05, 3.63) is 45.5 Å².